The Morgan fingerprint density at radius 1 is 1.28 bits per heavy atom. The first-order valence-electron chi connectivity index (χ1n) is 5.30. The van der Waals surface area contributed by atoms with Gasteiger partial charge in [0.1, 0.15) is 16.7 Å². The molecule has 0 spiro atoms. The fraction of sp³-hybridized carbons (Fsp3) is 0.167. The first-order chi connectivity index (χ1) is 8.58. The second kappa shape index (κ2) is 5.10. The molecule has 94 valence electrons. The first-order valence-corrected chi connectivity index (χ1v) is 5.68. The molecule has 0 saturated carbocycles. The summed E-state index contributed by atoms with van der Waals surface area (Å²) in [6.07, 6.45) is 0. The molecule has 1 aromatic heterocycles. The van der Waals surface area contributed by atoms with Gasteiger partial charge in [0.25, 0.3) is 0 Å². The second-order valence-electron chi connectivity index (χ2n) is 3.76. The molecule has 0 aliphatic rings. The third-order valence-electron chi connectivity index (χ3n) is 2.33. The fourth-order valence-corrected chi connectivity index (χ4v) is 1.75. The zero-order valence-corrected chi connectivity index (χ0v) is 10.8. The third kappa shape index (κ3) is 2.81. The van der Waals surface area contributed by atoms with Gasteiger partial charge in [-0.15, -0.1) is 0 Å². The van der Waals surface area contributed by atoms with Gasteiger partial charge in [-0.05, 0) is 24.6 Å². The van der Waals surface area contributed by atoms with Crippen LogP contribution in [0.25, 0.3) is 0 Å². The van der Waals surface area contributed by atoms with E-state index in [-0.39, 0.29) is 11.1 Å². The van der Waals surface area contributed by atoms with Gasteiger partial charge in [-0.2, -0.15) is 4.98 Å². The van der Waals surface area contributed by atoms with Crippen LogP contribution in [0.4, 0.5) is 17.5 Å². The number of nitrogen functional groups attached to an aromatic ring is 1. The summed E-state index contributed by atoms with van der Waals surface area (Å²) in [5.74, 6) is 1.36. The van der Waals surface area contributed by atoms with Crippen molar-refractivity contribution in [3.8, 4) is 5.75 Å². The molecule has 0 atom stereocenters. The van der Waals surface area contributed by atoms with E-state index in [4.69, 9.17) is 22.1 Å². The van der Waals surface area contributed by atoms with Crippen molar-refractivity contribution in [2.24, 2.45) is 0 Å². The van der Waals surface area contributed by atoms with Crippen molar-refractivity contribution in [3.63, 3.8) is 0 Å². The predicted molar refractivity (Wildman–Crippen MR) is 72.5 cm³/mol. The number of nitrogens with zero attached hydrogens (tertiary/aromatic N) is 2. The van der Waals surface area contributed by atoms with Crippen LogP contribution in [0.15, 0.2) is 24.3 Å². The van der Waals surface area contributed by atoms with Gasteiger partial charge in [0.15, 0.2) is 0 Å². The topological polar surface area (TPSA) is 73.1 Å². The lowest BCUT2D eigenvalue weighted by Gasteiger charge is -2.11. The van der Waals surface area contributed by atoms with Gasteiger partial charge in [-0.25, -0.2) is 4.98 Å². The number of hydrogen-bond donors (Lipinski definition) is 2. The quantitative estimate of drug-likeness (QED) is 0.834. The zero-order valence-electron chi connectivity index (χ0n) is 10.1. The second-order valence-corrected chi connectivity index (χ2v) is 4.15. The number of aromatic nitrogens is 2. The van der Waals surface area contributed by atoms with Crippen molar-refractivity contribution in [2.75, 3.05) is 18.2 Å². The number of nitrogens with one attached hydrogen (secondary N) is 1. The summed E-state index contributed by atoms with van der Waals surface area (Å²) in [4.78, 5) is 7.85. The third-order valence-corrected chi connectivity index (χ3v) is 2.52. The van der Waals surface area contributed by atoms with Gasteiger partial charge in [-0.1, -0.05) is 17.7 Å². The maximum absolute atomic E-state index is 5.82. The lowest BCUT2D eigenvalue weighted by Crippen LogP contribution is -2.01. The molecular weight excluding hydrogens is 252 g/mol. The van der Waals surface area contributed by atoms with E-state index in [1.165, 1.54) is 0 Å². The smallest absolute Gasteiger partial charge is 0.223 e. The molecule has 6 heteroatoms. The summed E-state index contributed by atoms with van der Waals surface area (Å²) in [7, 11) is 1.61. The van der Waals surface area contributed by atoms with Crippen molar-refractivity contribution in [1.82, 2.24) is 9.97 Å². The molecule has 2 aromatic rings. The molecule has 0 radical (unpaired) electrons. The highest BCUT2D eigenvalue weighted by molar-refractivity contribution is 6.29. The summed E-state index contributed by atoms with van der Waals surface area (Å²) in [5.41, 5.74) is 7.44. The van der Waals surface area contributed by atoms with E-state index >= 15 is 0 Å². The lowest BCUT2D eigenvalue weighted by atomic mass is 10.2. The van der Waals surface area contributed by atoms with E-state index in [0.717, 1.165) is 11.3 Å². The van der Waals surface area contributed by atoms with Gasteiger partial charge in [0.05, 0.1) is 12.8 Å². The molecule has 5 nitrogen and oxygen atoms in total. The lowest BCUT2D eigenvalue weighted by molar-refractivity contribution is 0.416. The van der Waals surface area contributed by atoms with Crippen molar-refractivity contribution in [1.29, 1.82) is 0 Å². The minimum atomic E-state index is 0.122. The monoisotopic (exact) mass is 264 g/mol. The normalized spacial score (nSPS) is 10.2. The molecule has 0 amide bonds. The highest BCUT2D eigenvalue weighted by atomic mass is 35.5. The number of anilines is 3. The van der Waals surface area contributed by atoms with Crippen molar-refractivity contribution < 1.29 is 4.74 Å². The van der Waals surface area contributed by atoms with E-state index in [1.54, 1.807) is 13.2 Å². The van der Waals surface area contributed by atoms with Crippen LogP contribution >= 0.6 is 11.6 Å². The number of aryl methyl sites for hydroxylation is 1. The number of methoxy groups -OCH3 is 1. The Morgan fingerprint density at radius 2 is 2.06 bits per heavy atom. The van der Waals surface area contributed by atoms with Crippen LogP contribution < -0.4 is 15.8 Å². The number of hydrogen-bond acceptors (Lipinski definition) is 5. The molecule has 1 heterocycles. The number of halogens is 1. The van der Waals surface area contributed by atoms with Crippen LogP contribution in [0.2, 0.25) is 5.15 Å². The Labute approximate surface area is 110 Å². The molecular formula is C12H13ClN4O. The van der Waals surface area contributed by atoms with Crippen LogP contribution in [0.5, 0.6) is 5.75 Å². The van der Waals surface area contributed by atoms with Gasteiger partial charge < -0.3 is 15.8 Å². The van der Waals surface area contributed by atoms with Crippen LogP contribution in [0.1, 0.15) is 5.56 Å². The minimum absolute atomic E-state index is 0.122. The maximum atomic E-state index is 5.82. The van der Waals surface area contributed by atoms with Crippen LogP contribution in [-0.2, 0) is 0 Å². The maximum Gasteiger partial charge on any atom is 0.223 e. The standard InChI is InChI=1S/C12H13ClN4O/c1-7-3-4-9(18-2)8(5-7)15-11-6-10(13)16-12(14)17-11/h3-6H,1-2H3,(H3,14,15,16,17). The van der Waals surface area contributed by atoms with Crippen molar-refractivity contribution >= 4 is 29.1 Å². The fourth-order valence-electron chi connectivity index (χ4n) is 1.56. The van der Waals surface area contributed by atoms with Crippen molar-refractivity contribution in [3.05, 3.63) is 35.0 Å². The summed E-state index contributed by atoms with van der Waals surface area (Å²) in [5, 5.41) is 3.39. The highest BCUT2D eigenvalue weighted by Gasteiger charge is 2.06. The summed E-state index contributed by atoms with van der Waals surface area (Å²) in [6, 6.07) is 7.39. The number of nitrogens with two attached hydrogens (primary N) is 1. The van der Waals surface area contributed by atoms with Crippen LogP contribution in [0.3, 0.4) is 0 Å². The molecule has 0 aliphatic heterocycles. The number of benzene rings is 1. The molecule has 0 unspecified atom stereocenters. The van der Waals surface area contributed by atoms with Gasteiger partial charge in [-0.3, -0.25) is 0 Å². The average Bonchev–Trinajstić information content (AvgIpc) is 2.27. The van der Waals surface area contributed by atoms with E-state index in [1.807, 2.05) is 25.1 Å². The van der Waals surface area contributed by atoms with Gasteiger partial charge in [0.2, 0.25) is 5.95 Å². The SMILES string of the molecule is COc1ccc(C)cc1Nc1cc(Cl)nc(N)n1. The summed E-state index contributed by atoms with van der Waals surface area (Å²) in [6.45, 7) is 1.99. The molecule has 18 heavy (non-hydrogen) atoms. The average molecular weight is 265 g/mol. The van der Waals surface area contributed by atoms with Crippen LogP contribution in [0, 0.1) is 6.92 Å². The van der Waals surface area contributed by atoms with Gasteiger partial charge >= 0.3 is 0 Å². The molecule has 0 aliphatic carbocycles. The molecule has 0 saturated heterocycles. The molecule has 2 rings (SSSR count). The Balaban J connectivity index is 2.35. The van der Waals surface area contributed by atoms with E-state index in [2.05, 4.69) is 15.3 Å². The minimum Gasteiger partial charge on any atom is -0.495 e. The Bertz CT molecular complexity index is 554. The Kier molecular flexibility index (Phi) is 3.53. The highest BCUT2D eigenvalue weighted by Crippen LogP contribution is 2.28. The van der Waals surface area contributed by atoms with E-state index in [0.29, 0.717) is 11.6 Å². The predicted octanol–water partition coefficient (Wildman–Crippen LogP) is 2.77. The Hall–Kier alpha value is -2.01. The molecule has 1 aromatic carbocycles. The van der Waals surface area contributed by atoms with E-state index in [9.17, 15) is 0 Å². The molecule has 0 fully saturated rings. The zero-order chi connectivity index (χ0) is 13.1. The number of ether oxygens (including phenoxy) is 1. The van der Waals surface area contributed by atoms with Crippen LogP contribution in [-0.4, -0.2) is 17.1 Å². The molecule has 3 N–H and O–H groups in total. The molecule has 0 bridgehead atoms. The van der Waals surface area contributed by atoms with E-state index < -0.39 is 0 Å². The summed E-state index contributed by atoms with van der Waals surface area (Å²) < 4.78 is 5.26. The Morgan fingerprint density at radius 3 is 2.72 bits per heavy atom. The van der Waals surface area contributed by atoms with Gasteiger partial charge in [0, 0.05) is 6.07 Å². The number of rotatable bonds is 3. The largest absolute Gasteiger partial charge is 0.495 e. The first kappa shape index (κ1) is 12.4. The summed E-state index contributed by atoms with van der Waals surface area (Å²) >= 11 is 5.82. The van der Waals surface area contributed by atoms with Crippen molar-refractivity contribution in [2.45, 2.75) is 6.92 Å².